The molecule has 2 heterocycles. The van der Waals surface area contributed by atoms with E-state index in [1.807, 2.05) is 25.1 Å². The smallest absolute Gasteiger partial charge is 0.101 e. The highest BCUT2D eigenvalue weighted by molar-refractivity contribution is 5.73. The predicted octanol–water partition coefficient (Wildman–Crippen LogP) is 1.82. The Balaban J connectivity index is 2.23. The number of aromatic nitrogens is 1. The second-order valence-corrected chi connectivity index (χ2v) is 3.68. The summed E-state index contributed by atoms with van der Waals surface area (Å²) in [5.74, 6) is 0. The van der Waals surface area contributed by atoms with Crippen LogP contribution >= 0.6 is 0 Å². The molecule has 0 saturated carbocycles. The van der Waals surface area contributed by atoms with Crippen LogP contribution in [0.4, 0.5) is 0 Å². The Morgan fingerprint density at radius 2 is 2.33 bits per heavy atom. The molecule has 78 valence electrons. The Morgan fingerprint density at radius 1 is 1.47 bits per heavy atom. The molecule has 1 N–H and O–H groups in total. The Bertz CT molecular complexity index is 410. The zero-order valence-corrected chi connectivity index (χ0v) is 8.72. The number of pyridine rings is 1. The summed E-state index contributed by atoms with van der Waals surface area (Å²) in [6.07, 6.45) is 5.70. The molecule has 1 aromatic rings. The van der Waals surface area contributed by atoms with Crippen LogP contribution in [0.2, 0.25) is 0 Å². The van der Waals surface area contributed by atoms with E-state index in [-0.39, 0.29) is 0 Å². The summed E-state index contributed by atoms with van der Waals surface area (Å²) in [5, 5.41) is 10.1. The van der Waals surface area contributed by atoms with Crippen LogP contribution in [0.5, 0.6) is 0 Å². The van der Waals surface area contributed by atoms with Crippen molar-refractivity contribution in [1.29, 1.82) is 0 Å². The van der Waals surface area contributed by atoms with Gasteiger partial charge >= 0.3 is 0 Å². The van der Waals surface area contributed by atoms with Gasteiger partial charge in [0.2, 0.25) is 0 Å². The van der Waals surface area contributed by atoms with Crippen molar-refractivity contribution in [2.45, 2.75) is 19.4 Å². The molecule has 0 saturated heterocycles. The number of aliphatic hydroxyl groups is 1. The second-order valence-electron chi connectivity index (χ2n) is 3.68. The van der Waals surface area contributed by atoms with Crippen molar-refractivity contribution in [2.75, 3.05) is 6.54 Å². The summed E-state index contributed by atoms with van der Waals surface area (Å²) in [4.78, 5) is 8.21. The molecule has 1 aliphatic heterocycles. The molecule has 0 spiro atoms. The van der Waals surface area contributed by atoms with Gasteiger partial charge in [-0.05, 0) is 42.7 Å². The summed E-state index contributed by atoms with van der Waals surface area (Å²) in [5.41, 5.74) is 2.86. The molecule has 1 unspecified atom stereocenters. The van der Waals surface area contributed by atoms with E-state index in [0.717, 1.165) is 29.8 Å². The van der Waals surface area contributed by atoms with E-state index in [2.05, 4.69) is 9.98 Å². The normalized spacial score (nSPS) is 17.3. The third-order valence-electron chi connectivity index (χ3n) is 2.51. The van der Waals surface area contributed by atoms with Crippen LogP contribution in [0.25, 0.3) is 0 Å². The number of rotatable bonds is 2. The molecule has 3 heteroatoms. The quantitative estimate of drug-likeness (QED) is 0.795. The number of nitrogens with zero attached hydrogens (tertiary/aromatic N) is 2. The lowest BCUT2D eigenvalue weighted by atomic mass is 9.98. The SMILES string of the molecule is Cc1cc(C(O)C2=CC=NCC2)ccn1. The van der Waals surface area contributed by atoms with Gasteiger partial charge in [-0.25, -0.2) is 0 Å². The molecular weight excluding hydrogens is 188 g/mol. The van der Waals surface area contributed by atoms with Crippen molar-refractivity contribution in [2.24, 2.45) is 4.99 Å². The average Bonchev–Trinajstić information content (AvgIpc) is 2.29. The van der Waals surface area contributed by atoms with E-state index in [9.17, 15) is 5.11 Å². The molecular formula is C12H14N2O. The maximum Gasteiger partial charge on any atom is 0.101 e. The van der Waals surface area contributed by atoms with Gasteiger partial charge in [-0.2, -0.15) is 0 Å². The van der Waals surface area contributed by atoms with E-state index in [4.69, 9.17) is 0 Å². The van der Waals surface area contributed by atoms with E-state index in [1.165, 1.54) is 0 Å². The van der Waals surface area contributed by atoms with Gasteiger partial charge in [-0.15, -0.1) is 0 Å². The zero-order chi connectivity index (χ0) is 10.7. The molecule has 0 amide bonds. The van der Waals surface area contributed by atoms with Crippen LogP contribution in [0.1, 0.15) is 23.8 Å². The Kier molecular flexibility index (Phi) is 2.92. The first-order valence-corrected chi connectivity index (χ1v) is 5.07. The third-order valence-corrected chi connectivity index (χ3v) is 2.51. The van der Waals surface area contributed by atoms with Gasteiger partial charge in [-0.3, -0.25) is 9.98 Å². The molecule has 2 rings (SSSR count). The topological polar surface area (TPSA) is 45.5 Å². The van der Waals surface area contributed by atoms with Gasteiger partial charge in [0.15, 0.2) is 0 Å². The minimum Gasteiger partial charge on any atom is -0.384 e. The molecule has 0 radical (unpaired) electrons. The fraction of sp³-hybridized carbons (Fsp3) is 0.333. The number of aliphatic imine (C=N–C) groups is 1. The van der Waals surface area contributed by atoms with Crippen LogP contribution in [0, 0.1) is 6.92 Å². The van der Waals surface area contributed by atoms with Gasteiger partial charge in [0.25, 0.3) is 0 Å². The summed E-state index contributed by atoms with van der Waals surface area (Å²) in [6, 6.07) is 3.77. The highest BCUT2D eigenvalue weighted by Gasteiger charge is 2.14. The lowest BCUT2D eigenvalue weighted by Gasteiger charge is -2.16. The zero-order valence-electron chi connectivity index (χ0n) is 8.72. The first-order valence-electron chi connectivity index (χ1n) is 5.07. The van der Waals surface area contributed by atoms with Crippen LogP contribution in [0.3, 0.4) is 0 Å². The fourth-order valence-corrected chi connectivity index (χ4v) is 1.68. The van der Waals surface area contributed by atoms with Gasteiger partial charge in [-0.1, -0.05) is 0 Å². The van der Waals surface area contributed by atoms with Crippen molar-refractivity contribution in [3.8, 4) is 0 Å². The fourth-order valence-electron chi connectivity index (χ4n) is 1.68. The Labute approximate surface area is 89.2 Å². The number of dihydropyridines is 1. The first kappa shape index (κ1) is 10.1. The Morgan fingerprint density at radius 3 is 3.00 bits per heavy atom. The highest BCUT2D eigenvalue weighted by Crippen LogP contribution is 2.24. The van der Waals surface area contributed by atoms with E-state index < -0.39 is 6.10 Å². The maximum atomic E-state index is 10.1. The summed E-state index contributed by atoms with van der Waals surface area (Å²) in [6.45, 7) is 2.69. The lowest BCUT2D eigenvalue weighted by Crippen LogP contribution is -2.06. The van der Waals surface area contributed by atoms with Gasteiger partial charge in [0.1, 0.15) is 6.10 Å². The van der Waals surface area contributed by atoms with Crippen molar-refractivity contribution in [3.05, 3.63) is 41.2 Å². The van der Waals surface area contributed by atoms with Crippen LogP contribution < -0.4 is 0 Å². The minimum absolute atomic E-state index is 0.515. The molecule has 1 aromatic heterocycles. The number of allylic oxidation sites excluding steroid dienone is 1. The number of hydrogen-bond acceptors (Lipinski definition) is 3. The van der Waals surface area contributed by atoms with Crippen molar-refractivity contribution < 1.29 is 5.11 Å². The van der Waals surface area contributed by atoms with Crippen LogP contribution in [-0.2, 0) is 0 Å². The average molecular weight is 202 g/mol. The van der Waals surface area contributed by atoms with Crippen LogP contribution in [0.15, 0.2) is 35.0 Å². The predicted molar refractivity (Wildman–Crippen MR) is 60.0 cm³/mol. The largest absolute Gasteiger partial charge is 0.384 e. The molecule has 0 bridgehead atoms. The molecule has 1 atom stereocenters. The molecule has 1 aliphatic rings. The molecule has 3 nitrogen and oxygen atoms in total. The van der Waals surface area contributed by atoms with E-state index in [1.54, 1.807) is 12.4 Å². The Hall–Kier alpha value is -1.48. The number of hydrogen-bond donors (Lipinski definition) is 1. The molecule has 0 aromatic carbocycles. The van der Waals surface area contributed by atoms with Crippen molar-refractivity contribution in [1.82, 2.24) is 4.98 Å². The first-order chi connectivity index (χ1) is 7.27. The number of aryl methyl sites for hydroxylation is 1. The summed E-state index contributed by atoms with van der Waals surface area (Å²) < 4.78 is 0. The van der Waals surface area contributed by atoms with Gasteiger partial charge < -0.3 is 5.11 Å². The van der Waals surface area contributed by atoms with E-state index >= 15 is 0 Å². The van der Waals surface area contributed by atoms with Crippen molar-refractivity contribution in [3.63, 3.8) is 0 Å². The monoisotopic (exact) mass is 202 g/mol. The molecule has 0 fully saturated rings. The minimum atomic E-state index is -0.515. The van der Waals surface area contributed by atoms with Gasteiger partial charge in [0.05, 0.1) is 0 Å². The lowest BCUT2D eigenvalue weighted by molar-refractivity contribution is 0.211. The maximum absolute atomic E-state index is 10.1. The molecule has 0 aliphatic carbocycles. The van der Waals surface area contributed by atoms with Crippen molar-refractivity contribution >= 4 is 6.21 Å². The third kappa shape index (κ3) is 2.30. The van der Waals surface area contributed by atoms with E-state index in [0.29, 0.717) is 0 Å². The number of aliphatic hydroxyl groups excluding tert-OH is 1. The van der Waals surface area contributed by atoms with Crippen LogP contribution in [-0.4, -0.2) is 22.8 Å². The summed E-state index contributed by atoms with van der Waals surface area (Å²) >= 11 is 0. The van der Waals surface area contributed by atoms with Gasteiger partial charge in [0, 0.05) is 24.7 Å². The molecule has 15 heavy (non-hydrogen) atoms. The summed E-state index contributed by atoms with van der Waals surface area (Å²) in [7, 11) is 0. The standard InChI is InChI=1S/C12H14N2O/c1-9-8-11(4-7-14-9)12(15)10-2-5-13-6-3-10/h2,4-5,7-8,12,15H,3,6H2,1H3. The second kappa shape index (κ2) is 4.36. The highest BCUT2D eigenvalue weighted by atomic mass is 16.3.